The first-order valence-corrected chi connectivity index (χ1v) is 4.58. The summed E-state index contributed by atoms with van der Waals surface area (Å²) in [6.45, 7) is 5.37. The minimum Gasteiger partial charge on any atom is -0.300 e. The van der Waals surface area contributed by atoms with Crippen molar-refractivity contribution in [3.05, 3.63) is 10.5 Å². The molecule has 1 aromatic rings. The molecule has 0 bridgehead atoms. The number of hydrogen-bond donors (Lipinski definition) is 2. The van der Waals surface area contributed by atoms with Gasteiger partial charge >= 0.3 is 5.69 Å². The van der Waals surface area contributed by atoms with Crippen LogP contribution in [-0.2, 0) is 4.79 Å². The topological polar surface area (TPSA) is 74.8 Å². The Balaban J connectivity index is 2.71. The molecule has 0 atom stereocenters. The van der Waals surface area contributed by atoms with E-state index in [0.29, 0.717) is 5.13 Å². The van der Waals surface area contributed by atoms with Gasteiger partial charge in [-0.2, -0.15) is 4.98 Å². The molecule has 0 spiro atoms. The maximum Gasteiger partial charge on any atom is 0.357 e. The number of carbonyl (C=O) groups is 1. The first-order valence-electron chi connectivity index (χ1n) is 3.76. The maximum atomic E-state index is 11.4. The standard InChI is InChI=1S/C7H11N3O2S/c1-7(2,3)4(11)8-6-9-5(12)10-13-6/h1-3H3,(H2,8,9,10,11,12). The second-order valence-electron chi connectivity index (χ2n) is 3.63. The zero-order chi connectivity index (χ0) is 10.1. The summed E-state index contributed by atoms with van der Waals surface area (Å²) in [6.07, 6.45) is 0. The Morgan fingerprint density at radius 1 is 1.54 bits per heavy atom. The minimum absolute atomic E-state index is 0.157. The van der Waals surface area contributed by atoms with Gasteiger partial charge in [0, 0.05) is 5.41 Å². The van der Waals surface area contributed by atoms with E-state index in [1.807, 2.05) is 0 Å². The third kappa shape index (κ3) is 2.66. The van der Waals surface area contributed by atoms with Gasteiger partial charge in [-0.3, -0.25) is 9.17 Å². The molecule has 0 aliphatic heterocycles. The normalized spacial score (nSPS) is 11.3. The third-order valence-electron chi connectivity index (χ3n) is 1.34. The molecule has 0 aromatic carbocycles. The van der Waals surface area contributed by atoms with Gasteiger partial charge in [0.05, 0.1) is 0 Å². The molecule has 0 saturated heterocycles. The van der Waals surface area contributed by atoms with Crippen LogP contribution < -0.4 is 11.0 Å². The summed E-state index contributed by atoms with van der Waals surface area (Å²) in [6, 6.07) is 0. The highest BCUT2D eigenvalue weighted by molar-refractivity contribution is 7.09. The van der Waals surface area contributed by atoms with E-state index in [1.54, 1.807) is 20.8 Å². The minimum atomic E-state index is -0.477. The van der Waals surface area contributed by atoms with Gasteiger partial charge in [-0.05, 0) is 11.5 Å². The van der Waals surface area contributed by atoms with Crippen LogP contribution in [0.3, 0.4) is 0 Å². The Labute approximate surface area is 79.3 Å². The molecule has 13 heavy (non-hydrogen) atoms. The number of aromatic nitrogens is 2. The molecule has 72 valence electrons. The average Bonchev–Trinajstić information content (AvgIpc) is 2.33. The lowest BCUT2D eigenvalue weighted by molar-refractivity contribution is -0.123. The molecule has 1 aromatic heterocycles. The summed E-state index contributed by atoms with van der Waals surface area (Å²) in [5.74, 6) is -0.157. The first kappa shape index (κ1) is 9.91. The van der Waals surface area contributed by atoms with Crippen molar-refractivity contribution in [2.24, 2.45) is 5.41 Å². The Bertz CT molecular complexity index is 360. The highest BCUT2D eigenvalue weighted by atomic mass is 32.1. The molecule has 6 heteroatoms. The van der Waals surface area contributed by atoms with Crippen LogP contribution in [0, 0.1) is 5.41 Å². The van der Waals surface area contributed by atoms with E-state index in [9.17, 15) is 9.59 Å². The average molecular weight is 201 g/mol. The highest BCUT2D eigenvalue weighted by Crippen LogP contribution is 2.16. The van der Waals surface area contributed by atoms with E-state index in [4.69, 9.17) is 0 Å². The molecule has 1 heterocycles. The maximum absolute atomic E-state index is 11.4. The van der Waals surface area contributed by atoms with Crippen LogP contribution in [0.2, 0.25) is 0 Å². The monoisotopic (exact) mass is 201 g/mol. The lowest BCUT2D eigenvalue weighted by atomic mass is 9.96. The predicted molar refractivity (Wildman–Crippen MR) is 50.8 cm³/mol. The van der Waals surface area contributed by atoms with Crippen LogP contribution in [0.25, 0.3) is 0 Å². The first-order chi connectivity index (χ1) is 5.89. The number of anilines is 1. The van der Waals surface area contributed by atoms with E-state index in [1.165, 1.54) is 0 Å². The van der Waals surface area contributed by atoms with Gasteiger partial charge in [0.15, 0.2) is 0 Å². The number of nitrogens with zero attached hydrogens (tertiary/aromatic N) is 1. The van der Waals surface area contributed by atoms with Crippen molar-refractivity contribution in [1.29, 1.82) is 0 Å². The van der Waals surface area contributed by atoms with Crippen LogP contribution in [0.4, 0.5) is 5.13 Å². The zero-order valence-electron chi connectivity index (χ0n) is 7.67. The van der Waals surface area contributed by atoms with Gasteiger partial charge in [-0.1, -0.05) is 20.8 Å². The fourth-order valence-corrected chi connectivity index (χ4v) is 1.07. The van der Waals surface area contributed by atoms with E-state index >= 15 is 0 Å². The lowest BCUT2D eigenvalue weighted by Gasteiger charge is -2.15. The van der Waals surface area contributed by atoms with Gasteiger partial charge in [-0.15, -0.1) is 0 Å². The Morgan fingerprint density at radius 2 is 2.15 bits per heavy atom. The summed E-state index contributed by atoms with van der Waals surface area (Å²) in [5, 5.41) is 2.85. The molecule has 0 aliphatic rings. The van der Waals surface area contributed by atoms with E-state index < -0.39 is 11.1 Å². The fraction of sp³-hybridized carbons (Fsp3) is 0.571. The van der Waals surface area contributed by atoms with Gasteiger partial charge in [0.2, 0.25) is 11.0 Å². The molecule has 5 nitrogen and oxygen atoms in total. The number of H-pyrrole nitrogens is 1. The molecule has 0 fully saturated rings. The van der Waals surface area contributed by atoms with Crippen molar-refractivity contribution in [2.45, 2.75) is 20.8 Å². The Morgan fingerprint density at radius 3 is 2.54 bits per heavy atom. The summed E-state index contributed by atoms with van der Waals surface area (Å²) in [7, 11) is 0. The smallest absolute Gasteiger partial charge is 0.300 e. The SMILES string of the molecule is CC(C)(C)C(=O)Nc1nc(=O)[nH]s1. The van der Waals surface area contributed by atoms with Crippen molar-refractivity contribution in [3.8, 4) is 0 Å². The van der Waals surface area contributed by atoms with E-state index in [0.717, 1.165) is 11.5 Å². The van der Waals surface area contributed by atoms with Crippen LogP contribution in [0.1, 0.15) is 20.8 Å². The van der Waals surface area contributed by atoms with E-state index in [2.05, 4.69) is 14.7 Å². The quantitative estimate of drug-likeness (QED) is 0.706. The summed E-state index contributed by atoms with van der Waals surface area (Å²) in [4.78, 5) is 25.5. The molecule has 0 saturated carbocycles. The van der Waals surface area contributed by atoms with Crippen molar-refractivity contribution in [1.82, 2.24) is 9.36 Å². The number of carbonyl (C=O) groups excluding carboxylic acids is 1. The number of aromatic amines is 1. The lowest BCUT2D eigenvalue weighted by Crippen LogP contribution is -2.27. The zero-order valence-corrected chi connectivity index (χ0v) is 8.49. The van der Waals surface area contributed by atoms with Gasteiger partial charge in [0.25, 0.3) is 0 Å². The molecule has 2 N–H and O–H groups in total. The number of rotatable bonds is 1. The molecular weight excluding hydrogens is 190 g/mol. The predicted octanol–water partition coefficient (Wildman–Crippen LogP) is 0.816. The highest BCUT2D eigenvalue weighted by Gasteiger charge is 2.22. The summed E-state index contributed by atoms with van der Waals surface area (Å²) >= 11 is 1.01. The van der Waals surface area contributed by atoms with Gasteiger partial charge in [0.1, 0.15) is 0 Å². The van der Waals surface area contributed by atoms with E-state index in [-0.39, 0.29) is 5.91 Å². The van der Waals surface area contributed by atoms with Gasteiger partial charge < -0.3 is 5.32 Å². The summed E-state index contributed by atoms with van der Waals surface area (Å²) in [5.41, 5.74) is -0.913. The molecule has 0 aliphatic carbocycles. The Kier molecular flexibility index (Phi) is 2.51. The van der Waals surface area contributed by atoms with Crippen molar-refractivity contribution in [3.63, 3.8) is 0 Å². The van der Waals surface area contributed by atoms with Crippen molar-refractivity contribution >= 4 is 22.6 Å². The van der Waals surface area contributed by atoms with Crippen molar-refractivity contribution in [2.75, 3.05) is 5.32 Å². The number of amides is 1. The largest absolute Gasteiger partial charge is 0.357 e. The van der Waals surface area contributed by atoms with Crippen LogP contribution in [0.5, 0.6) is 0 Å². The third-order valence-corrected chi connectivity index (χ3v) is 2.00. The molecule has 0 unspecified atom stereocenters. The number of nitrogens with one attached hydrogen (secondary N) is 2. The molecular formula is C7H11N3O2S. The molecule has 1 amide bonds. The van der Waals surface area contributed by atoms with Crippen LogP contribution in [-0.4, -0.2) is 15.3 Å². The second-order valence-corrected chi connectivity index (χ2v) is 4.43. The molecule has 0 radical (unpaired) electrons. The van der Waals surface area contributed by atoms with Crippen molar-refractivity contribution < 1.29 is 4.79 Å². The fourth-order valence-electron chi connectivity index (χ4n) is 0.568. The second kappa shape index (κ2) is 3.29. The Hall–Kier alpha value is -1.17. The van der Waals surface area contributed by atoms with Gasteiger partial charge in [-0.25, -0.2) is 4.79 Å². The summed E-state index contributed by atoms with van der Waals surface area (Å²) < 4.78 is 2.39. The molecule has 1 rings (SSSR count). The number of hydrogen-bond acceptors (Lipinski definition) is 4. The van der Waals surface area contributed by atoms with Crippen LogP contribution >= 0.6 is 11.5 Å². The van der Waals surface area contributed by atoms with Crippen LogP contribution in [0.15, 0.2) is 4.79 Å².